The molecule has 0 aliphatic heterocycles. The number of nitrogens with one attached hydrogen (secondary N) is 1. The summed E-state index contributed by atoms with van der Waals surface area (Å²) in [6, 6.07) is 7.74. The van der Waals surface area contributed by atoms with Gasteiger partial charge in [-0.3, -0.25) is 0 Å². The molecule has 0 bridgehead atoms. The summed E-state index contributed by atoms with van der Waals surface area (Å²) in [7, 11) is 1.92. The van der Waals surface area contributed by atoms with E-state index in [4.69, 9.17) is 4.74 Å². The normalized spacial score (nSPS) is 15.6. The highest BCUT2D eigenvalue weighted by Gasteiger charge is 2.18. The van der Waals surface area contributed by atoms with Gasteiger partial charge in [-0.1, -0.05) is 31.0 Å². The summed E-state index contributed by atoms with van der Waals surface area (Å²) < 4.78 is 5.47. The summed E-state index contributed by atoms with van der Waals surface area (Å²) in [5, 5.41) is 3.11. The van der Waals surface area contributed by atoms with Crippen molar-refractivity contribution in [2.75, 3.05) is 20.2 Å². The summed E-state index contributed by atoms with van der Waals surface area (Å²) >= 11 is 0. The number of esters is 1. The third-order valence-corrected chi connectivity index (χ3v) is 3.81. The van der Waals surface area contributed by atoms with Gasteiger partial charge in [0, 0.05) is 0 Å². The fraction of sp³-hybridized carbons (Fsp3) is 0.562. The van der Waals surface area contributed by atoms with E-state index in [-0.39, 0.29) is 5.97 Å². The number of carbonyl (C=O) groups excluding carboxylic acids is 1. The largest absolute Gasteiger partial charge is 0.462 e. The van der Waals surface area contributed by atoms with E-state index in [9.17, 15) is 4.79 Å². The number of hydrogen-bond donors (Lipinski definition) is 1. The Morgan fingerprint density at radius 1 is 1.32 bits per heavy atom. The zero-order valence-electron chi connectivity index (χ0n) is 11.7. The molecule has 0 saturated heterocycles. The van der Waals surface area contributed by atoms with Gasteiger partial charge in [0.1, 0.15) is 0 Å². The molecular weight excluding hydrogens is 238 g/mol. The van der Waals surface area contributed by atoms with Gasteiger partial charge in [-0.2, -0.15) is 0 Å². The van der Waals surface area contributed by atoms with E-state index in [2.05, 4.69) is 5.32 Å². The second-order valence-corrected chi connectivity index (χ2v) is 5.26. The number of benzene rings is 1. The molecule has 1 N–H and O–H groups in total. The van der Waals surface area contributed by atoms with Crippen LogP contribution in [0.4, 0.5) is 0 Å². The molecule has 0 radical (unpaired) electrons. The maximum atomic E-state index is 12.1. The molecule has 1 aliphatic rings. The lowest BCUT2D eigenvalue weighted by atomic mass is 10.0. The maximum absolute atomic E-state index is 12.1. The number of ether oxygens (including phenoxy) is 1. The minimum atomic E-state index is -0.168. The predicted molar refractivity (Wildman–Crippen MR) is 76.3 cm³/mol. The molecule has 0 unspecified atom stereocenters. The van der Waals surface area contributed by atoms with Gasteiger partial charge in [-0.05, 0) is 50.4 Å². The number of likely N-dealkylation sites (N-methyl/N-ethyl adjacent to an activating group) is 1. The van der Waals surface area contributed by atoms with Crippen molar-refractivity contribution in [1.29, 1.82) is 0 Å². The quantitative estimate of drug-likeness (QED) is 0.800. The standard InChI is InChI=1S/C16H23NO2/c1-17-11-10-14-8-4-5-9-15(14)16(18)19-12-13-6-2-3-7-13/h4-5,8-9,13,17H,2-3,6-7,10-12H2,1H3. The molecule has 3 nitrogen and oxygen atoms in total. The Morgan fingerprint density at radius 3 is 2.79 bits per heavy atom. The van der Waals surface area contributed by atoms with Gasteiger partial charge in [0.2, 0.25) is 0 Å². The topological polar surface area (TPSA) is 38.3 Å². The van der Waals surface area contributed by atoms with E-state index in [1.807, 2.05) is 31.3 Å². The predicted octanol–water partition coefficient (Wildman–Crippen LogP) is 2.80. The molecule has 0 aromatic heterocycles. The average Bonchev–Trinajstić information content (AvgIpc) is 2.96. The average molecular weight is 261 g/mol. The molecular formula is C16H23NO2. The molecule has 19 heavy (non-hydrogen) atoms. The van der Waals surface area contributed by atoms with Crippen LogP contribution in [0.25, 0.3) is 0 Å². The number of carbonyl (C=O) groups is 1. The van der Waals surface area contributed by atoms with Crippen molar-refractivity contribution in [3.8, 4) is 0 Å². The van der Waals surface area contributed by atoms with Crippen LogP contribution in [0, 0.1) is 5.92 Å². The smallest absolute Gasteiger partial charge is 0.338 e. The molecule has 0 spiro atoms. The molecule has 104 valence electrons. The third-order valence-electron chi connectivity index (χ3n) is 3.81. The Bertz CT molecular complexity index is 411. The first-order chi connectivity index (χ1) is 9.31. The summed E-state index contributed by atoms with van der Waals surface area (Å²) in [6.45, 7) is 1.45. The first kappa shape index (κ1) is 14.1. The van der Waals surface area contributed by atoms with Crippen molar-refractivity contribution in [3.63, 3.8) is 0 Å². The van der Waals surface area contributed by atoms with Crippen LogP contribution in [0.5, 0.6) is 0 Å². The SMILES string of the molecule is CNCCc1ccccc1C(=O)OCC1CCCC1. The van der Waals surface area contributed by atoms with Crippen LogP contribution in [0.1, 0.15) is 41.6 Å². The van der Waals surface area contributed by atoms with E-state index < -0.39 is 0 Å². The third kappa shape index (κ3) is 4.06. The van der Waals surface area contributed by atoms with Crippen LogP contribution in [-0.2, 0) is 11.2 Å². The van der Waals surface area contributed by atoms with Crippen molar-refractivity contribution < 1.29 is 9.53 Å². The Labute approximate surface area is 115 Å². The van der Waals surface area contributed by atoms with Crippen LogP contribution in [-0.4, -0.2) is 26.2 Å². The lowest BCUT2D eigenvalue weighted by molar-refractivity contribution is 0.0441. The molecule has 0 heterocycles. The molecule has 1 aromatic carbocycles. The van der Waals surface area contributed by atoms with Crippen molar-refractivity contribution in [2.45, 2.75) is 32.1 Å². The molecule has 0 atom stereocenters. The van der Waals surface area contributed by atoms with Gasteiger partial charge in [-0.15, -0.1) is 0 Å². The highest BCUT2D eigenvalue weighted by atomic mass is 16.5. The molecule has 1 aliphatic carbocycles. The van der Waals surface area contributed by atoms with Crippen molar-refractivity contribution in [3.05, 3.63) is 35.4 Å². The minimum Gasteiger partial charge on any atom is -0.462 e. The number of hydrogen-bond acceptors (Lipinski definition) is 3. The van der Waals surface area contributed by atoms with Crippen LogP contribution in [0.15, 0.2) is 24.3 Å². The summed E-state index contributed by atoms with van der Waals surface area (Å²) in [5.74, 6) is 0.409. The van der Waals surface area contributed by atoms with Crippen LogP contribution >= 0.6 is 0 Å². The first-order valence-corrected chi connectivity index (χ1v) is 7.21. The molecule has 2 rings (SSSR count). The summed E-state index contributed by atoms with van der Waals surface area (Å²) in [4.78, 5) is 12.1. The number of rotatable bonds is 6. The highest BCUT2D eigenvalue weighted by molar-refractivity contribution is 5.91. The Hall–Kier alpha value is -1.35. The molecule has 1 fully saturated rings. The Morgan fingerprint density at radius 2 is 2.05 bits per heavy atom. The van der Waals surface area contributed by atoms with Gasteiger partial charge >= 0.3 is 5.97 Å². The van der Waals surface area contributed by atoms with E-state index >= 15 is 0 Å². The van der Waals surface area contributed by atoms with E-state index in [0.29, 0.717) is 12.5 Å². The molecule has 3 heteroatoms. The zero-order chi connectivity index (χ0) is 13.5. The lowest BCUT2D eigenvalue weighted by Crippen LogP contribution is -2.16. The van der Waals surface area contributed by atoms with Crippen molar-refractivity contribution in [2.24, 2.45) is 5.92 Å². The zero-order valence-corrected chi connectivity index (χ0v) is 11.7. The fourth-order valence-corrected chi connectivity index (χ4v) is 2.65. The second-order valence-electron chi connectivity index (χ2n) is 5.26. The maximum Gasteiger partial charge on any atom is 0.338 e. The summed E-state index contributed by atoms with van der Waals surface area (Å²) in [6.07, 6.45) is 5.82. The van der Waals surface area contributed by atoms with Crippen LogP contribution in [0.2, 0.25) is 0 Å². The van der Waals surface area contributed by atoms with E-state index in [0.717, 1.165) is 24.1 Å². The van der Waals surface area contributed by atoms with E-state index in [1.165, 1.54) is 25.7 Å². The molecule has 1 aromatic rings. The minimum absolute atomic E-state index is 0.168. The van der Waals surface area contributed by atoms with Gasteiger partial charge in [0.15, 0.2) is 0 Å². The Kier molecular flexibility index (Phi) is 5.40. The van der Waals surface area contributed by atoms with Crippen LogP contribution < -0.4 is 5.32 Å². The van der Waals surface area contributed by atoms with Gasteiger partial charge in [0.05, 0.1) is 12.2 Å². The fourth-order valence-electron chi connectivity index (χ4n) is 2.65. The summed E-state index contributed by atoms with van der Waals surface area (Å²) in [5.41, 5.74) is 1.78. The Balaban J connectivity index is 1.93. The van der Waals surface area contributed by atoms with Gasteiger partial charge in [-0.25, -0.2) is 4.79 Å². The highest BCUT2D eigenvalue weighted by Crippen LogP contribution is 2.25. The lowest BCUT2D eigenvalue weighted by Gasteiger charge is -2.12. The van der Waals surface area contributed by atoms with E-state index in [1.54, 1.807) is 0 Å². The van der Waals surface area contributed by atoms with Crippen molar-refractivity contribution >= 4 is 5.97 Å². The molecule has 0 amide bonds. The monoisotopic (exact) mass is 261 g/mol. The van der Waals surface area contributed by atoms with Crippen LogP contribution in [0.3, 0.4) is 0 Å². The van der Waals surface area contributed by atoms with Gasteiger partial charge < -0.3 is 10.1 Å². The molecule has 1 saturated carbocycles. The first-order valence-electron chi connectivity index (χ1n) is 7.21. The van der Waals surface area contributed by atoms with Gasteiger partial charge in [0.25, 0.3) is 0 Å². The van der Waals surface area contributed by atoms with Crippen molar-refractivity contribution in [1.82, 2.24) is 5.32 Å². The second kappa shape index (κ2) is 7.29.